The fourth-order valence-electron chi connectivity index (χ4n) is 2.88. The van der Waals surface area contributed by atoms with E-state index >= 15 is 0 Å². The number of amides is 1. The van der Waals surface area contributed by atoms with Gasteiger partial charge in [0.05, 0.1) is 11.0 Å². The average Bonchev–Trinajstić information content (AvgIpc) is 3.02. The number of fused-ring (bicyclic) bond motifs is 1. The quantitative estimate of drug-likeness (QED) is 0.546. The molecule has 1 amide bonds. The SMILES string of the molecule is Cn1c(=O)[nH]c2cc(C(=O)NCc3ccc(Oc4ccccc4F)nc3)ccc21. The topological polar surface area (TPSA) is 89.0 Å². The van der Waals surface area contributed by atoms with Crippen LogP contribution < -0.4 is 15.7 Å². The smallest absolute Gasteiger partial charge is 0.326 e. The van der Waals surface area contributed by atoms with E-state index in [1.54, 1.807) is 55.7 Å². The van der Waals surface area contributed by atoms with Gasteiger partial charge in [0.15, 0.2) is 11.6 Å². The Labute approximate surface area is 164 Å². The van der Waals surface area contributed by atoms with Crippen molar-refractivity contribution in [1.82, 2.24) is 19.9 Å². The molecule has 0 unspecified atom stereocenters. The number of halogens is 1. The molecule has 0 fully saturated rings. The summed E-state index contributed by atoms with van der Waals surface area (Å²) in [4.78, 5) is 30.9. The Bertz CT molecular complexity index is 1250. The van der Waals surface area contributed by atoms with E-state index in [9.17, 15) is 14.0 Å². The van der Waals surface area contributed by atoms with Crippen LogP contribution in [-0.2, 0) is 13.6 Å². The lowest BCUT2D eigenvalue weighted by atomic mass is 10.2. The van der Waals surface area contributed by atoms with Gasteiger partial charge in [-0.15, -0.1) is 0 Å². The summed E-state index contributed by atoms with van der Waals surface area (Å²) >= 11 is 0. The summed E-state index contributed by atoms with van der Waals surface area (Å²) < 4.78 is 20.5. The second-order valence-corrected chi connectivity index (χ2v) is 6.44. The van der Waals surface area contributed by atoms with Gasteiger partial charge in [-0.2, -0.15) is 0 Å². The van der Waals surface area contributed by atoms with Crippen LogP contribution in [-0.4, -0.2) is 20.4 Å². The predicted molar refractivity (Wildman–Crippen MR) is 105 cm³/mol. The van der Waals surface area contributed by atoms with Crippen molar-refractivity contribution >= 4 is 16.9 Å². The fraction of sp³-hybridized carbons (Fsp3) is 0.0952. The van der Waals surface area contributed by atoms with E-state index in [2.05, 4.69) is 15.3 Å². The van der Waals surface area contributed by atoms with Crippen LogP contribution >= 0.6 is 0 Å². The Morgan fingerprint density at radius 3 is 2.79 bits per heavy atom. The van der Waals surface area contributed by atoms with Crippen LogP contribution in [0, 0.1) is 5.82 Å². The Morgan fingerprint density at radius 2 is 2.03 bits per heavy atom. The standard InChI is InChI=1S/C21H17FN4O3/c1-26-17-8-7-14(10-16(17)25-21(26)28)20(27)24-12-13-6-9-19(23-11-13)29-18-5-3-2-4-15(18)22/h2-11H,12H2,1H3,(H,24,27)(H,25,28). The number of nitrogens with zero attached hydrogens (tertiary/aromatic N) is 2. The molecule has 2 aromatic heterocycles. The summed E-state index contributed by atoms with van der Waals surface area (Å²) in [6.45, 7) is 0.259. The first-order valence-electron chi connectivity index (χ1n) is 8.85. The van der Waals surface area contributed by atoms with Crippen molar-refractivity contribution in [3.63, 3.8) is 0 Å². The number of H-pyrrole nitrogens is 1. The Hall–Kier alpha value is -3.94. The molecular formula is C21H17FN4O3. The summed E-state index contributed by atoms with van der Waals surface area (Å²) in [5.41, 5.74) is 2.28. The second kappa shape index (κ2) is 7.59. The highest BCUT2D eigenvalue weighted by atomic mass is 19.1. The van der Waals surface area contributed by atoms with E-state index in [0.29, 0.717) is 11.1 Å². The van der Waals surface area contributed by atoms with Gasteiger partial charge in [-0.05, 0) is 35.9 Å². The maximum atomic E-state index is 13.6. The van der Waals surface area contributed by atoms with Crippen molar-refractivity contribution in [3.8, 4) is 11.6 Å². The molecule has 0 bridgehead atoms. The summed E-state index contributed by atoms with van der Waals surface area (Å²) in [5.74, 6) is -0.398. The lowest BCUT2D eigenvalue weighted by Crippen LogP contribution is -2.22. The normalized spacial score (nSPS) is 10.8. The minimum atomic E-state index is -0.470. The number of pyridine rings is 1. The van der Waals surface area contributed by atoms with E-state index in [4.69, 9.17) is 4.74 Å². The number of carbonyl (C=O) groups excluding carboxylic acids is 1. The fourth-order valence-corrected chi connectivity index (χ4v) is 2.88. The zero-order chi connectivity index (χ0) is 20.4. The molecule has 0 saturated carbocycles. The van der Waals surface area contributed by atoms with Crippen molar-refractivity contribution in [2.75, 3.05) is 0 Å². The third-order valence-electron chi connectivity index (χ3n) is 4.47. The molecule has 4 aromatic rings. The molecule has 0 atom stereocenters. The molecule has 0 saturated heterocycles. The first kappa shape index (κ1) is 18.4. The number of imidazole rings is 1. The molecule has 2 N–H and O–H groups in total. The first-order valence-corrected chi connectivity index (χ1v) is 8.85. The number of para-hydroxylation sites is 1. The van der Waals surface area contributed by atoms with Crippen molar-refractivity contribution in [2.24, 2.45) is 7.05 Å². The zero-order valence-electron chi connectivity index (χ0n) is 15.5. The van der Waals surface area contributed by atoms with Crippen LogP contribution in [0.2, 0.25) is 0 Å². The van der Waals surface area contributed by atoms with Gasteiger partial charge in [0.2, 0.25) is 5.88 Å². The zero-order valence-corrected chi connectivity index (χ0v) is 15.5. The molecule has 0 aliphatic carbocycles. The number of rotatable bonds is 5. The highest BCUT2D eigenvalue weighted by molar-refractivity contribution is 5.97. The molecule has 29 heavy (non-hydrogen) atoms. The molecular weight excluding hydrogens is 375 g/mol. The molecule has 4 rings (SSSR count). The maximum Gasteiger partial charge on any atom is 0.326 e. The summed E-state index contributed by atoms with van der Waals surface area (Å²) in [6.07, 6.45) is 1.55. The van der Waals surface area contributed by atoms with Crippen LogP contribution in [0.5, 0.6) is 11.6 Å². The van der Waals surface area contributed by atoms with Crippen molar-refractivity contribution in [1.29, 1.82) is 0 Å². The van der Waals surface area contributed by atoms with Crippen LogP contribution in [0.3, 0.4) is 0 Å². The number of aromatic nitrogens is 3. The van der Waals surface area contributed by atoms with E-state index in [1.165, 1.54) is 16.7 Å². The minimum absolute atomic E-state index is 0.0930. The number of ether oxygens (including phenoxy) is 1. The largest absolute Gasteiger partial charge is 0.436 e. The molecule has 0 radical (unpaired) electrons. The Kier molecular flexibility index (Phi) is 4.82. The molecule has 0 spiro atoms. The molecule has 0 aliphatic heterocycles. The first-order chi connectivity index (χ1) is 14.0. The molecule has 2 aromatic carbocycles. The van der Waals surface area contributed by atoms with Crippen LogP contribution in [0.1, 0.15) is 15.9 Å². The van der Waals surface area contributed by atoms with Crippen molar-refractivity contribution in [2.45, 2.75) is 6.54 Å². The van der Waals surface area contributed by atoms with E-state index < -0.39 is 5.82 Å². The number of carbonyl (C=O) groups is 1. The van der Waals surface area contributed by atoms with Gasteiger partial charge >= 0.3 is 5.69 Å². The Morgan fingerprint density at radius 1 is 1.21 bits per heavy atom. The molecule has 2 heterocycles. The number of nitrogens with one attached hydrogen (secondary N) is 2. The van der Waals surface area contributed by atoms with Gasteiger partial charge in [0.25, 0.3) is 5.91 Å². The summed E-state index contributed by atoms with van der Waals surface area (Å²) in [7, 11) is 1.66. The van der Waals surface area contributed by atoms with Crippen LogP contribution in [0.15, 0.2) is 65.6 Å². The van der Waals surface area contributed by atoms with Gasteiger partial charge in [0.1, 0.15) is 0 Å². The van der Waals surface area contributed by atoms with Gasteiger partial charge in [-0.25, -0.2) is 14.2 Å². The third kappa shape index (κ3) is 3.86. The molecule has 7 nitrogen and oxygen atoms in total. The molecule has 8 heteroatoms. The maximum absolute atomic E-state index is 13.6. The number of aromatic amines is 1. The van der Waals surface area contributed by atoms with Crippen molar-refractivity contribution < 1.29 is 13.9 Å². The number of aryl methyl sites for hydroxylation is 1. The van der Waals surface area contributed by atoms with E-state index in [-0.39, 0.29) is 29.8 Å². The molecule has 0 aliphatic rings. The lowest BCUT2D eigenvalue weighted by Gasteiger charge is -2.08. The van der Waals surface area contributed by atoms with Gasteiger partial charge in [0, 0.05) is 31.4 Å². The van der Waals surface area contributed by atoms with Crippen molar-refractivity contribution in [3.05, 3.63) is 88.2 Å². The van der Waals surface area contributed by atoms with E-state index in [0.717, 1.165) is 11.1 Å². The molecule has 146 valence electrons. The van der Waals surface area contributed by atoms with Gasteiger partial charge < -0.3 is 15.0 Å². The van der Waals surface area contributed by atoms with E-state index in [1.807, 2.05) is 0 Å². The summed E-state index contributed by atoms with van der Waals surface area (Å²) in [5, 5.41) is 2.80. The number of benzene rings is 2. The minimum Gasteiger partial charge on any atom is -0.436 e. The van der Waals surface area contributed by atoms with Gasteiger partial charge in [-0.1, -0.05) is 18.2 Å². The van der Waals surface area contributed by atoms with Crippen LogP contribution in [0.4, 0.5) is 4.39 Å². The van der Waals surface area contributed by atoms with Crippen LogP contribution in [0.25, 0.3) is 11.0 Å². The lowest BCUT2D eigenvalue weighted by molar-refractivity contribution is 0.0951. The second-order valence-electron chi connectivity index (χ2n) is 6.44. The van der Waals surface area contributed by atoms with Gasteiger partial charge in [-0.3, -0.25) is 9.36 Å². The predicted octanol–water partition coefficient (Wildman–Crippen LogP) is 3.12. The number of hydrogen-bond acceptors (Lipinski definition) is 4. The highest BCUT2D eigenvalue weighted by Crippen LogP contribution is 2.22. The monoisotopic (exact) mass is 392 g/mol. The highest BCUT2D eigenvalue weighted by Gasteiger charge is 2.10. The average molecular weight is 392 g/mol. The Balaban J connectivity index is 1.40. The number of hydrogen-bond donors (Lipinski definition) is 2. The third-order valence-corrected chi connectivity index (χ3v) is 4.47. The summed E-state index contributed by atoms with van der Waals surface area (Å²) in [6, 6.07) is 14.4.